The van der Waals surface area contributed by atoms with Crippen LogP contribution in [0.1, 0.15) is 10.4 Å². The van der Waals surface area contributed by atoms with Crippen LogP contribution in [0, 0.1) is 0 Å². The van der Waals surface area contributed by atoms with Gasteiger partial charge in [0.05, 0.1) is 11.1 Å². The first-order valence-corrected chi connectivity index (χ1v) is 7.32. The summed E-state index contributed by atoms with van der Waals surface area (Å²) < 4.78 is 0. The van der Waals surface area contributed by atoms with E-state index in [1.165, 1.54) is 0 Å². The highest BCUT2D eigenvalue weighted by Crippen LogP contribution is 2.20. The smallest absolute Gasteiger partial charge is 0.252 e. The lowest BCUT2D eigenvalue weighted by molar-refractivity contribution is 0.0958. The molecule has 2 rings (SSSR count). The minimum absolute atomic E-state index is 0.107. The van der Waals surface area contributed by atoms with Crippen LogP contribution >= 0.6 is 23.4 Å². The molecule has 1 aromatic carbocycles. The van der Waals surface area contributed by atoms with Crippen LogP contribution in [0.4, 0.5) is 0 Å². The number of fused-ring (bicyclic) bond motifs is 1. The summed E-state index contributed by atoms with van der Waals surface area (Å²) >= 11 is 7.63. The molecule has 0 unspecified atom stereocenters. The third-order valence-corrected chi connectivity index (χ3v) is 3.33. The second-order valence-electron chi connectivity index (χ2n) is 3.76. The molecule has 0 aliphatic rings. The maximum atomic E-state index is 12.1. The van der Waals surface area contributed by atoms with Gasteiger partial charge in [-0.1, -0.05) is 29.8 Å². The summed E-state index contributed by atoms with van der Waals surface area (Å²) in [4.78, 5) is 16.3. The molecule has 1 heterocycles. The zero-order valence-corrected chi connectivity index (χ0v) is 11.5. The van der Waals surface area contributed by atoms with Crippen LogP contribution in [0.15, 0.2) is 30.3 Å². The number of pyridine rings is 1. The number of halogens is 1. The molecule has 1 aromatic heterocycles. The van der Waals surface area contributed by atoms with Gasteiger partial charge >= 0.3 is 0 Å². The first-order chi connectivity index (χ1) is 8.72. The molecule has 0 aliphatic heterocycles. The fraction of sp³-hybridized carbons (Fsp3) is 0.231. The number of rotatable bonds is 4. The molecule has 0 bridgehead atoms. The van der Waals surface area contributed by atoms with Gasteiger partial charge in [0.25, 0.3) is 5.91 Å². The molecule has 3 nitrogen and oxygen atoms in total. The second kappa shape index (κ2) is 6.07. The fourth-order valence-corrected chi connectivity index (χ4v) is 2.20. The number of carbonyl (C=O) groups excluding carboxylic acids is 1. The number of nitrogens with zero attached hydrogens (tertiary/aromatic N) is 1. The van der Waals surface area contributed by atoms with Crippen LogP contribution in [-0.4, -0.2) is 29.4 Å². The normalized spacial score (nSPS) is 10.6. The third-order valence-electron chi connectivity index (χ3n) is 2.52. The molecule has 94 valence electrons. The van der Waals surface area contributed by atoms with Gasteiger partial charge in [-0.25, -0.2) is 4.98 Å². The monoisotopic (exact) mass is 280 g/mol. The van der Waals surface area contributed by atoms with Crippen molar-refractivity contribution in [2.75, 3.05) is 18.6 Å². The Labute approximate surface area is 115 Å². The van der Waals surface area contributed by atoms with Crippen molar-refractivity contribution < 1.29 is 4.79 Å². The van der Waals surface area contributed by atoms with Crippen LogP contribution < -0.4 is 5.32 Å². The molecule has 0 saturated carbocycles. The van der Waals surface area contributed by atoms with E-state index in [9.17, 15) is 4.79 Å². The maximum Gasteiger partial charge on any atom is 0.252 e. The standard InChI is InChI=1S/C13H13ClN2OS/c1-18-7-6-15-13(17)10-8-12(14)16-11-5-3-2-4-9(10)11/h2-5,8H,6-7H2,1H3,(H,15,17). The fourth-order valence-electron chi connectivity index (χ4n) is 1.69. The molecule has 1 N–H and O–H groups in total. The first kappa shape index (κ1) is 13.2. The molecule has 0 atom stereocenters. The summed E-state index contributed by atoms with van der Waals surface area (Å²) in [6.45, 7) is 0.647. The second-order valence-corrected chi connectivity index (χ2v) is 5.13. The number of para-hydroxylation sites is 1. The zero-order valence-electron chi connectivity index (χ0n) is 9.94. The minimum atomic E-state index is -0.107. The number of aromatic nitrogens is 1. The topological polar surface area (TPSA) is 42.0 Å². The van der Waals surface area contributed by atoms with E-state index in [-0.39, 0.29) is 5.91 Å². The van der Waals surface area contributed by atoms with E-state index in [1.54, 1.807) is 17.8 Å². The van der Waals surface area contributed by atoms with Crippen LogP contribution in [0.5, 0.6) is 0 Å². The third kappa shape index (κ3) is 2.94. The lowest BCUT2D eigenvalue weighted by atomic mass is 10.1. The van der Waals surface area contributed by atoms with Crippen molar-refractivity contribution in [2.24, 2.45) is 0 Å². The molecule has 0 radical (unpaired) electrons. The predicted octanol–water partition coefficient (Wildman–Crippen LogP) is 2.98. The minimum Gasteiger partial charge on any atom is -0.351 e. The highest BCUT2D eigenvalue weighted by molar-refractivity contribution is 7.98. The summed E-state index contributed by atoms with van der Waals surface area (Å²) in [6.07, 6.45) is 2.00. The van der Waals surface area contributed by atoms with Crippen LogP contribution in [0.25, 0.3) is 10.9 Å². The molecule has 18 heavy (non-hydrogen) atoms. The molecular formula is C13H13ClN2OS. The highest BCUT2D eigenvalue weighted by Gasteiger charge is 2.11. The van der Waals surface area contributed by atoms with Crippen LogP contribution in [0.3, 0.4) is 0 Å². The largest absolute Gasteiger partial charge is 0.351 e. The molecular weight excluding hydrogens is 268 g/mol. The molecule has 1 amide bonds. The number of hydrogen-bond donors (Lipinski definition) is 1. The Hall–Kier alpha value is -1.26. The maximum absolute atomic E-state index is 12.1. The van der Waals surface area contributed by atoms with Crippen molar-refractivity contribution in [3.8, 4) is 0 Å². The van der Waals surface area contributed by atoms with Gasteiger partial charge in [0.1, 0.15) is 5.15 Å². The molecule has 0 saturated heterocycles. The van der Waals surface area contributed by atoms with Gasteiger partial charge in [0, 0.05) is 17.7 Å². The quantitative estimate of drug-likeness (QED) is 0.691. The van der Waals surface area contributed by atoms with Crippen molar-refractivity contribution >= 4 is 40.2 Å². The molecule has 5 heteroatoms. The first-order valence-electron chi connectivity index (χ1n) is 5.55. The summed E-state index contributed by atoms with van der Waals surface area (Å²) in [5.41, 5.74) is 1.31. The van der Waals surface area contributed by atoms with Crippen LogP contribution in [0.2, 0.25) is 5.15 Å². The van der Waals surface area contributed by atoms with Gasteiger partial charge in [0.2, 0.25) is 0 Å². The van der Waals surface area contributed by atoms with E-state index < -0.39 is 0 Å². The van der Waals surface area contributed by atoms with Gasteiger partial charge in [-0.2, -0.15) is 11.8 Å². The summed E-state index contributed by atoms with van der Waals surface area (Å²) in [5, 5.41) is 4.03. The Morgan fingerprint density at radius 1 is 1.44 bits per heavy atom. The number of nitrogens with one attached hydrogen (secondary N) is 1. The lowest BCUT2D eigenvalue weighted by Gasteiger charge is -2.07. The Morgan fingerprint density at radius 3 is 3.00 bits per heavy atom. The van der Waals surface area contributed by atoms with Gasteiger partial charge in [-0.3, -0.25) is 4.79 Å². The van der Waals surface area contributed by atoms with E-state index in [2.05, 4.69) is 10.3 Å². The Kier molecular flexibility index (Phi) is 4.44. The molecule has 2 aromatic rings. The average molecular weight is 281 g/mol. The molecule has 0 fully saturated rings. The summed E-state index contributed by atoms with van der Waals surface area (Å²) in [5.74, 6) is 0.784. The van der Waals surface area contributed by atoms with Gasteiger partial charge in [0.15, 0.2) is 0 Å². The van der Waals surface area contributed by atoms with Gasteiger partial charge < -0.3 is 5.32 Å². The van der Waals surface area contributed by atoms with E-state index in [0.29, 0.717) is 17.3 Å². The zero-order chi connectivity index (χ0) is 13.0. The number of benzene rings is 1. The van der Waals surface area contributed by atoms with Crippen molar-refractivity contribution in [2.45, 2.75) is 0 Å². The van der Waals surface area contributed by atoms with Gasteiger partial charge in [-0.05, 0) is 18.4 Å². The predicted molar refractivity (Wildman–Crippen MR) is 77.5 cm³/mol. The molecule has 0 spiro atoms. The van der Waals surface area contributed by atoms with Crippen molar-refractivity contribution in [3.05, 3.63) is 41.0 Å². The van der Waals surface area contributed by atoms with Crippen molar-refractivity contribution in [1.29, 1.82) is 0 Å². The van der Waals surface area contributed by atoms with E-state index >= 15 is 0 Å². The number of carbonyl (C=O) groups is 1. The number of thioether (sulfide) groups is 1. The number of amides is 1. The van der Waals surface area contributed by atoms with Gasteiger partial charge in [-0.15, -0.1) is 0 Å². The average Bonchev–Trinajstić information content (AvgIpc) is 2.38. The van der Waals surface area contributed by atoms with E-state index in [4.69, 9.17) is 11.6 Å². The SMILES string of the molecule is CSCCNC(=O)c1cc(Cl)nc2ccccc12. The van der Waals surface area contributed by atoms with Crippen LogP contribution in [-0.2, 0) is 0 Å². The number of hydrogen-bond acceptors (Lipinski definition) is 3. The van der Waals surface area contributed by atoms with E-state index in [1.807, 2.05) is 30.5 Å². The summed E-state index contributed by atoms with van der Waals surface area (Å²) in [7, 11) is 0. The van der Waals surface area contributed by atoms with Crippen molar-refractivity contribution in [3.63, 3.8) is 0 Å². The molecule has 0 aliphatic carbocycles. The summed E-state index contributed by atoms with van der Waals surface area (Å²) in [6, 6.07) is 9.10. The Morgan fingerprint density at radius 2 is 2.22 bits per heavy atom. The Bertz CT molecular complexity index is 574. The highest BCUT2D eigenvalue weighted by atomic mass is 35.5. The van der Waals surface area contributed by atoms with Crippen molar-refractivity contribution in [1.82, 2.24) is 10.3 Å². The lowest BCUT2D eigenvalue weighted by Crippen LogP contribution is -2.26. The van der Waals surface area contributed by atoms with E-state index in [0.717, 1.165) is 16.7 Å². The Balaban J connectivity index is 2.34.